The quantitative estimate of drug-likeness (QED) is 0.513. The summed E-state index contributed by atoms with van der Waals surface area (Å²) >= 11 is 11.8. The summed E-state index contributed by atoms with van der Waals surface area (Å²) in [5.41, 5.74) is 6.71. The largest absolute Gasteiger partial charge is 0.389 e. The van der Waals surface area contributed by atoms with E-state index >= 15 is 0 Å². The average molecular weight is 318 g/mol. The van der Waals surface area contributed by atoms with E-state index in [9.17, 15) is 0 Å². The molecule has 20 heavy (non-hydrogen) atoms. The van der Waals surface area contributed by atoms with Crippen LogP contribution in [-0.2, 0) is 16.2 Å². The van der Waals surface area contributed by atoms with Crippen molar-refractivity contribution in [1.29, 1.82) is 0 Å². The summed E-state index contributed by atoms with van der Waals surface area (Å²) in [5.74, 6) is 0.451. The Morgan fingerprint density at radius 3 is 2.75 bits per heavy atom. The van der Waals surface area contributed by atoms with E-state index in [-0.39, 0.29) is 0 Å². The number of halogens is 2. The second-order valence-electron chi connectivity index (χ2n) is 4.49. The van der Waals surface area contributed by atoms with Gasteiger partial charge in [-0.1, -0.05) is 34.4 Å². The Bertz CT molecular complexity index is 477. The number of hydrogen-bond acceptors (Lipinski definition) is 4. The highest BCUT2D eigenvalue weighted by Crippen LogP contribution is 2.22. The second-order valence-corrected chi connectivity index (χ2v) is 5.31. The maximum Gasteiger partial charge on any atom is 0.153 e. The molecule has 0 spiro atoms. The zero-order valence-corrected chi connectivity index (χ0v) is 12.5. The van der Waals surface area contributed by atoms with Crippen molar-refractivity contribution >= 4 is 29.0 Å². The molecule has 0 atom stereocenters. The van der Waals surface area contributed by atoms with Gasteiger partial charge in [0, 0.05) is 13.1 Å². The first kappa shape index (κ1) is 15.4. The van der Waals surface area contributed by atoms with Crippen molar-refractivity contribution in [1.82, 2.24) is 4.90 Å². The topological polar surface area (TPSA) is 60.1 Å². The highest BCUT2D eigenvalue weighted by molar-refractivity contribution is 6.42. The van der Waals surface area contributed by atoms with Gasteiger partial charge in [0.15, 0.2) is 5.84 Å². The molecule has 0 amide bonds. The molecule has 0 aliphatic carbocycles. The van der Waals surface area contributed by atoms with E-state index in [0.29, 0.717) is 29.0 Å². The van der Waals surface area contributed by atoms with E-state index in [2.05, 4.69) is 10.1 Å². The van der Waals surface area contributed by atoms with Gasteiger partial charge in [0.1, 0.15) is 6.61 Å². The van der Waals surface area contributed by atoms with Crippen LogP contribution in [0.1, 0.15) is 5.56 Å². The molecule has 2 N–H and O–H groups in total. The van der Waals surface area contributed by atoms with Crippen LogP contribution in [0.15, 0.2) is 23.4 Å². The van der Waals surface area contributed by atoms with Crippen LogP contribution in [0.5, 0.6) is 0 Å². The zero-order valence-electron chi connectivity index (χ0n) is 11.0. The van der Waals surface area contributed by atoms with Crippen molar-refractivity contribution in [3.8, 4) is 0 Å². The maximum absolute atomic E-state index is 5.92. The Morgan fingerprint density at radius 2 is 2.05 bits per heavy atom. The van der Waals surface area contributed by atoms with Crippen molar-refractivity contribution in [2.24, 2.45) is 10.9 Å². The molecule has 110 valence electrons. The first-order valence-electron chi connectivity index (χ1n) is 6.33. The number of hydrogen-bond donors (Lipinski definition) is 1. The molecule has 1 heterocycles. The van der Waals surface area contributed by atoms with Crippen LogP contribution >= 0.6 is 23.2 Å². The lowest BCUT2D eigenvalue weighted by molar-refractivity contribution is 0.0443. The molecule has 1 aliphatic heterocycles. The predicted molar refractivity (Wildman–Crippen MR) is 80.1 cm³/mol. The highest BCUT2D eigenvalue weighted by atomic mass is 35.5. The predicted octanol–water partition coefficient (Wildman–Crippen LogP) is 2.11. The SMILES string of the molecule is N/C(CN1CCOCC1)=N\OCc1ccc(Cl)c(Cl)c1. The van der Waals surface area contributed by atoms with E-state index in [4.69, 9.17) is 38.5 Å². The van der Waals surface area contributed by atoms with Crippen LogP contribution in [0.4, 0.5) is 0 Å². The van der Waals surface area contributed by atoms with Crippen LogP contribution in [0.2, 0.25) is 10.0 Å². The van der Waals surface area contributed by atoms with Gasteiger partial charge in [0.05, 0.1) is 29.8 Å². The summed E-state index contributed by atoms with van der Waals surface area (Å²) in [6.07, 6.45) is 0. The number of morpholine rings is 1. The first-order valence-corrected chi connectivity index (χ1v) is 7.09. The summed E-state index contributed by atoms with van der Waals surface area (Å²) in [5, 5.41) is 4.92. The molecule has 1 aliphatic rings. The van der Waals surface area contributed by atoms with E-state index in [0.717, 1.165) is 31.9 Å². The maximum atomic E-state index is 5.92. The van der Waals surface area contributed by atoms with Gasteiger partial charge in [0.25, 0.3) is 0 Å². The van der Waals surface area contributed by atoms with Crippen molar-refractivity contribution in [2.45, 2.75) is 6.61 Å². The third-order valence-corrected chi connectivity index (χ3v) is 3.63. The minimum absolute atomic E-state index is 0.306. The average Bonchev–Trinajstić information content (AvgIpc) is 2.44. The van der Waals surface area contributed by atoms with E-state index < -0.39 is 0 Å². The minimum atomic E-state index is 0.306. The molecule has 0 unspecified atom stereocenters. The molecule has 0 bridgehead atoms. The Morgan fingerprint density at radius 1 is 1.30 bits per heavy atom. The van der Waals surface area contributed by atoms with Gasteiger partial charge in [-0.05, 0) is 17.7 Å². The third kappa shape index (κ3) is 4.83. The van der Waals surface area contributed by atoms with Crippen molar-refractivity contribution < 1.29 is 9.57 Å². The van der Waals surface area contributed by atoms with Gasteiger partial charge in [-0.2, -0.15) is 0 Å². The lowest BCUT2D eigenvalue weighted by Crippen LogP contribution is -2.41. The van der Waals surface area contributed by atoms with Crippen molar-refractivity contribution in [2.75, 3.05) is 32.8 Å². The molecule has 0 radical (unpaired) electrons. The van der Waals surface area contributed by atoms with Gasteiger partial charge in [0.2, 0.25) is 0 Å². The van der Waals surface area contributed by atoms with Gasteiger partial charge in [-0.3, -0.25) is 4.90 Å². The molecule has 1 aromatic rings. The van der Waals surface area contributed by atoms with Crippen LogP contribution in [-0.4, -0.2) is 43.6 Å². The van der Waals surface area contributed by atoms with Crippen LogP contribution in [0, 0.1) is 0 Å². The molecular weight excluding hydrogens is 301 g/mol. The van der Waals surface area contributed by atoms with Gasteiger partial charge >= 0.3 is 0 Å². The van der Waals surface area contributed by atoms with Crippen LogP contribution in [0.3, 0.4) is 0 Å². The Hall–Kier alpha value is -1.01. The number of amidine groups is 1. The summed E-state index contributed by atoms with van der Waals surface area (Å²) < 4.78 is 5.26. The number of nitrogens with zero attached hydrogens (tertiary/aromatic N) is 2. The Balaban J connectivity index is 1.78. The summed E-state index contributed by atoms with van der Waals surface area (Å²) in [6, 6.07) is 5.31. The monoisotopic (exact) mass is 317 g/mol. The number of ether oxygens (including phenoxy) is 1. The standard InChI is InChI=1S/C13H17Cl2N3O2/c14-11-2-1-10(7-12(11)15)9-20-17-13(16)8-18-3-5-19-6-4-18/h1-2,7H,3-6,8-9H2,(H2,16,17). The van der Waals surface area contributed by atoms with Gasteiger partial charge < -0.3 is 15.3 Å². The Labute approximate surface area is 128 Å². The highest BCUT2D eigenvalue weighted by Gasteiger charge is 2.11. The number of oxime groups is 1. The fraction of sp³-hybridized carbons (Fsp3) is 0.462. The molecular formula is C13H17Cl2N3O2. The summed E-state index contributed by atoms with van der Waals surface area (Å²) in [4.78, 5) is 7.39. The molecule has 1 aromatic carbocycles. The summed E-state index contributed by atoms with van der Waals surface area (Å²) in [6.45, 7) is 4.09. The summed E-state index contributed by atoms with van der Waals surface area (Å²) in [7, 11) is 0. The molecule has 5 nitrogen and oxygen atoms in total. The number of nitrogens with two attached hydrogens (primary N) is 1. The minimum Gasteiger partial charge on any atom is -0.389 e. The molecule has 2 rings (SSSR count). The van der Waals surface area contributed by atoms with Crippen molar-refractivity contribution in [3.63, 3.8) is 0 Å². The lowest BCUT2D eigenvalue weighted by Gasteiger charge is -2.25. The van der Waals surface area contributed by atoms with Gasteiger partial charge in [-0.15, -0.1) is 0 Å². The fourth-order valence-electron chi connectivity index (χ4n) is 1.84. The normalized spacial score (nSPS) is 17.2. The van der Waals surface area contributed by atoms with Crippen LogP contribution < -0.4 is 5.73 Å². The molecule has 0 aromatic heterocycles. The van der Waals surface area contributed by atoms with E-state index in [1.54, 1.807) is 12.1 Å². The first-order chi connectivity index (χ1) is 9.65. The molecule has 1 fully saturated rings. The van der Waals surface area contributed by atoms with Crippen molar-refractivity contribution in [3.05, 3.63) is 33.8 Å². The fourth-order valence-corrected chi connectivity index (χ4v) is 2.16. The number of benzene rings is 1. The third-order valence-electron chi connectivity index (χ3n) is 2.89. The molecule has 0 saturated carbocycles. The number of rotatable bonds is 5. The second kappa shape index (κ2) is 7.69. The van der Waals surface area contributed by atoms with E-state index in [1.807, 2.05) is 6.07 Å². The zero-order chi connectivity index (χ0) is 14.4. The molecule has 1 saturated heterocycles. The molecule has 7 heteroatoms. The lowest BCUT2D eigenvalue weighted by atomic mass is 10.2. The van der Waals surface area contributed by atoms with Crippen LogP contribution in [0.25, 0.3) is 0 Å². The van der Waals surface area contributed by atoms with E-state index in [1.165, 1.54) is 0 Å². The van der Waals surface area contributed by atoms with Gasteiger partial charge in [-0.25, -0.2) is 0 Å². The Kier molecular flexibility index (Phi) is 5.91. The smallest absolute Gasteiger partial charge is 0.153 e.